The van der Waals surface area contributed by atoms with E-state index in [4.69, 9.17) is 11.6 Å². The number of likely N-dealkylation sites (tertiary alicyclic amines) is 1. The molecule has 2 aliphatic rings. The van der Waals surface area contributed by atoms with E-state index in [0.29, 0.717) is 11.8 Å². The van der Waals surface area contributed by atoms with Gasteiger partial charge in [-0.15, -0.1) is 0 Å². The second-order valence-electron chi connectivity index (χ2n) is 6.47. The summed E-state index contributed by atoms with van der Waals surface area (Å²) in [5.74, 6) is 0.270. The number of hydrogen-bond donors (Lipinski definition) is 1. The molecule has 0 saturated carbocycles. The van der Waals surface area contributed by atoms with Gasteiger partial charge in [0.1, 0.15) is 0 Å². The minimum atomic E-state index is 0.0539. The third-order valence-corrected chi connectivity index (χ3v) is 5.53. The molecule has 0 aromatic heterocycles. The number of piperidine rings is 2. The molecule has 2 heterocycles. The van der Waals surface area contributed by atoms with Gasteiger partial charge in [0.2, 0.25) is 5.91 Å². The van der Waals surface area contributed by atoms with Crippen LogP contribution in [0.1, 0.15) is 44.2 Å². The Morgan fingerprint density at radius 1 is 1.24 bits per heavy atom. The predicted octanol–water partition coefficient (Wildman–Crippen LogP) is 3.39. The predicted molar refractivity (Wildman–Crippen MR) is 85.4 cm³/mol. The minimum Gasteiger partial charge on any atom is -0.335 e. The largest absolute Gasteiger partial charge is 0.335 e. The van der Waals surface area contributed by atoms with Crippen LogP contribution in [0.15, 0.2) is 24.3 Å². The van der Waals surface area contributed by atoms with Crippen LogP contribution >= 0.6 is 11.6 Å². The molecule has 1 atom stereocenters. The second kappa shape index (κ2) is 5.98. The molecular weight excluding hydrogens is 284 g/mol. The summed E-state index contributed by atoms with van der Waals surface area (Å²) in [5, 5.41) is 4.18. The summed E-state index contributed by atoms with van der Waals surface area (Å²) < 4.78 is 0. The fourth-order valence-electron chi connectivity index (χ4n) is 3.74. The lowest BCUT2D eigenvalue weighted by atomic mass is 9.72. The van der Waals surface area contributed by atoms with Crippen LogP contribution in [0.4, 0.5) is 0 Å². The first-order valence-corrected chi connectivity index (χ1v) is 8.24. The lowest BCUT2D eigenvalue weighted by Gasteiger charge is -2.47. The standard InChI is InChI=1S/C17H23ClN2O/c1-13(14-4-2-3-5-15(14)18)20-12-17(7-6-16(20)21)8-10-19-11-9-17/h2-5,13,19H,6-12H2,1H3/t13-/m1/s1. The van der Waals surface area contributed by atoms with Gasteiger partial charge in [-0.2, -0.15) is 0 Å². The van der Waals surface area contributed by atoms with Gasteiger partial charge < -0.3 is 10.2 Å². The molecule has 1 N–H and O–H groups in total. The Morgan fingerprint density at radius 2 is 1.95 bits per heavy atom. The van der Waals surface area contributed by atoms with E-state index in [1.165, 1.54) is 12.8 Å². The number of nitrogens with zero attached hydrogens (tertiary/aromatic N) is 1. The van der Waals surface area contributed by atoms with Gasteiger partial charge in [0.05, 0.1) is 6.04 Å². The molecule has 3 rings (SSSR count). The molecule has 114 valence electrons. The summed E-state index contributed by atoms with van der Waals surface area (Å²) in [6, 6.07) is 7.92. The SMILES string of the molecule is C[C@H](c1ccccc1Cl)N1CC2(CCNCC2)CCC1=O. The quantitative estimate of drug-likeness (QED) is 0.908. The van der Waals surface area contributed by atoms with E-state index in [2.05, 4.69) is 17.1 Å². The number of carbonyl (C=O) groups excluding carboxylic acids is 1. The van der Waals surface area contributed by atoms with Crippen LogP contribution in [-0.2, 0) is 4.79 Å². The van der Waals surface area contributed by atoms with E-state index >= 15 is 0 Å². The molecule has 2 aliphatic heterocycles. The Hall–Kier alpha value is -1.06. The first-order chi connectivity index (χ1) is 10.1. The van der Waals surface area contributed by atoms with Gasteiger partial charge >= 0.3 is 0 Å². The topological polar surface area (TPSA) is 32.3 Å². The van der Waals surface area contributed by atoms with Gasteiger partial charge in [-0.3, -0.25) is 4.79 Å². The van der Waals surface area contributed by atoms with Crippen molar-refractivity contribution in [1.29, 1.82) is 0 Å². The number of halogens is 1. The zero-order valence-corrected chi connectivity index (χ0v) is 13.3. The van der Waals surface area contributed by atoms with Crippen molar-refractivity contribution < 1.29 is 4.79 Å². The van der Waals surface area contributed by atoms with Crippen molar-refractivity contribution in [2.75, 3.05) is 19.6 Å². The maximum absolute atomic E-state index is 12.4. The molecule has 3 nitrogen and oxygen atoms in total. The van der Waals surface area contributed by atoms with Crippen molar-refractivity contribution in [2.24, 2.45) is 5.41 Å². The molecule has 1 aromatic carbocycles. The maximum Gasteiger partial charge on any atom is 0.223 e. The summed E-state index contributed by atoms with van der Waals surface area (Å²) in [5.41, 5.74) is 1.37. The molecular formula is C17H23ClN2O. The van der Waals surface area contributed by atoms with Crippen LogP contribution in [0.25, 0.3) is 0 Å². The highest BCUT2D eigenvalue weighted by Gasteiger charge is 2.41. The molecule has 0 bridgehead atoms. The Balaban J connectivity index is 1.82. The summed E-state index contributed by atoms with van der Waals surface area (Å²) in [4.78, 5) is 14.5. The Morgan fingerprint density at radius 3 is 2.67 bits per heavy atom. The van der Waals surface area contributed by atoms with Gasteiger partial charge in [0.25, 0.3) is 0 Å². The molecule has 4 heteroatoms. The third-order valence-electron chi connectivity index (χ3n) is 5.18. The summed E-state index contributed by atoms with van der Waals surface area (Å²) in [7, 11) is 0. The maximum atomic E-state index is 12.4. The van der Waals surface area contributed by atoms with Crippen molar-refractivity contribution in [3.63, 3.8) is 0 Å². The van der Waals surface area contributed by atoms with E-state index in [0.717, 1.165) is 36.6 Å². The lowest BCUT2D eigenvalue weighted by molar-refractivity contribution is -0.141. The Kier molecular flexibility index (Phi) is 4.23. The number of hydrogen-bond acceptors (Lipinski definition) is 2. The fraction of sp³-hybridized carbons (Fsp3) is 0.588. The molecule has 1 aromatic rings. The second-order valence-corrected chi connectivity index (χ2v) is 6.88. The van der Waals surface area contributed by atoms with Crippen molar-refractivity contribution >= 4 is 17.5 Å². The molecule has 0 unspecified atom stereocenters. The smallest absolute Gasteiger partial charge is 0.223 e. The van der Waals surface area contributed by atoms with Gasteiger partial charge in [0, 0.05) is 18.0 Å². The number of carbonyl (C=O) groups is 1. The number of nitrogens with one attached hydrogen (secondary N) is 1. The minimum absolute atomic E-state index is 0.0539. The van der Waals surface area contributed by atoms with Crippen LogP contribution < -0.4 is 5.32 Å². The zero-order valence-electron chi connectivity index (χ0n) is 12.6. The van der Waals surface area contributed by atoms with Gasteiger partial charge in [-0.1, -0.05) is 29.8 Å². The van der Waals surface area contributed by atoms with E-state index in [1.54, 1.807) is 0 Å². The highest BCUT2D eigenvalue weighted by molar-refractivity contribution is 6.31. The molecule has 2 fully saturated rings. The average molecular weight is 307 g/mol. The molecule has 1 amide bonds. The van der Waals surface area contributed by atoms with Crippen molar-refractivity contribution in [3.05, 3.63) is 34.9 Å². The van der Waals surface area contributed by atoms with Crippen molar-refractivity contribution in [3.8, 4) is 0 Å². The monoisotopic (exact) mass is 306 g/mol. The highest BCUT2D eigenvalue weighted by Crippen LogP contribution is 2.41. The number of benzene rings is 1. The van der Waals surface area contributed by atoms with E-state index in [1.807, 2.05) is 24.3 Å². The normalized spacial score (nSPS) is 23.3. The van der Waals surface area contributed by atoms with Gasteiger partial charge in [-0.25, -0.2) is 0 Å². The van der Waals surface area contributed by atoms with Crippen LogP contribution in [0.5, 0.6) is 0 Å². The first kappa shape index (κ1) is 14.9. The van der Waals surface area contributed by atoms with E-state index < -0.39 is 0 Å². The first-order valence-electron chi connectivity index (χ1n) is 7.86. The number of amides is 1. The van der Waals surface area contributed by atoms with Gasteiger partial charge in [0.15, 0.2) is 0 Å². The molecule has 0 aliphatic carbocycles. The average Bonchev–Trinajstić information content (AvgIpc) is 2.51. The molecule has 21 heavy (non-hydrogen) atoms. The van der Waals surface area contributed by atoms with Crippen LogP contribution in [0.3, 0.4) is 0 Å². The van der Waals surface area contributed by atoms with Crippen molar-refractivity contribution in [2.45, 2.75) is 38.6 Å². The highest BCUT2D eigenvalue weighted by atomic mass is 35.5. The zero-order chi connectivity index (χ0) is 14.9. The third kappa shape index (κ3) is 2.95. The molecule has 0 radical (unpaired) electrons. The van der Waals surface area contributed by atoms with E-state index in [9.17, 15) is 4.79 Å². The van der Waals surface area contributed by atoms with Crippen LogP contribution in [-0.4, -0.2) is 30.4 Å². The summed E-state index contributed by atoms with van der Waals surface area (Å²) in [6.45, 7) is 5.12. The fourth-order valence-corrected chi connectivity index (χ4v) is 4.04. The molecule has 1 spiro atoms. The molecule has 2 saturated heterocycles. The van der Waals surface area contributed by atoms with Gasteiger partial charge in [-0.05, 0) is 56.3 Å². The number of rotatable bonds is 2. The Labute approximate surface area is 131 Å². The van der Waals surface area contributed by atoms with Crippen LogP contribution in [0, 0.1) is 5.41 Å². The lowest BCUT2D eigenvalue weighted by Crippen LogP contribution is -2.51. The Bertz CT molecular complexity index is 525. The summed E-state index contributed by atoms with van der Waals surface area (Å²) in [6.07, 6.45) is 4.06. The van der Waals surface area contributed by atoms with Crippen LogP contribution in [0.2, 0.25) is 5.02 Å². The van der Waals surface area contributed by atoms with Crippen molar-refractivity contribution in [1.82, 2.24) is 10.2 Å². The summed E-state index contributed by atoms with van der Waals surface area (Å²) >= 11 is 6.32. The van der Waals surface area contributed by atoms with E-state index in [-0.39, 0.29) is 11.9 Å².